The molecule has 1 aliphatic heterocycles. The molecule has 96 valence electrons. The van der Waals surface area contributed by atoms with Gasteiger partial charge in [-0.05, 0) is 13.1 Å². The predicted molar refractivity (Wildman–Crippen MR) is 71.0 cm³/mol. The van der Waals surface area contributed by atoms with E-state index in [-0.39, 0.29) is 0 Å². The minimum atomic E-state index is 0.331. The van der Waals surface area contributed by atoms with E-state index >= 15 is 0 Å². The van der Waals surface area contributed by atoms with Crippen LogP contribution >= 0.6 is 0 Å². The molecule has 1 saturated heterocycles. The van der Waals surface area contributed by atoms with Gasteiger partial charge in [0.1, 0.15) is 0 Å². The van der Waals surface area contributed by atoms with Crippen LogP contribution < -0.4 is 10.1 Å². The van der Waals surface area contributed by atoms with Crippen LogP contribution in [-0.4, -0.2) is 38.7 Å². The second-order valence-electron chi connectivity index (χ2n) is 4.80. The maximum atomic E-state index is 5.68. The Morgan fingerprint density at radius 1 is 1.44 bits per heavy atom. The fourth-order valence-corrected chi connectivity index (χ4v) is 2.59. The van der Waals surface area contributed by atoms with Crippen molar-refractivity contribution in [3.05, 3.63) is 30.0 Å². The van der Waals surface area contributed by atoms with E-state index in [4.69, 9.17) is 9.15 Å². The second-order valence-corrected chi connectivity index (χ2v) is 4.80. The van der Waals surface area contributed by atoms with E-state index in [2.05, 4.69) is 23.3 Å². The first kappa shape index (κ1) is 11.6. The molecule has 0 amide bonds. The largest absolute Gasteiger partial charge is 0.493 e. The summed E-state index contributed by atoms with van der Waals surface area (Å²) < 4.78 is 11.0. The number of para-hydroxylation sites is 1. The Labute approximate surface area is 107 Å². The molecule has 0 spiro atoms. The van der Waals surface area contributed by atoms with Crippen molar-refractivity contribution in [2.24, 2.45) is 0 Å². The molecule has 2 heterocycles. The first-order valence-electron chi connectivity index (χ1n) is 6.25. The molecular weight excluding hydrogens is 228 g/mol. The van der Waals surface area contributed by atoms with Gasteiger partial charge in [-0.25, -0.2) is 0 Å². The van der Waals surface area contributed by atoms with E-state index in [9.17, 15) is 0 Å². The summed E-state index contributed by atoms with van der Waals surface area (Å²) in [5.41, 5.74) is 2.06. The van der Waals surface area contributed by atoms with Crippen LogP contribution in [-0.2, 0) is 0 Å². The van der Waals surface area contributed by atoms with E-state index in [1.807, 2.05) is 18.4 Å². The lowest BCUT2D eigenvalue weighted by atomic mass is 10.0. The van der Waals surface area contributed by atoms with Gasteiger partial charge in [-0.2, -0.15) is 0 Å². The third kappa shape index (κ3) is 1.87. The summed E-state index contributed by atoms with van der Waals surface area (Å²) >= 11 is 0. The number of ether oxygens (including phenoxy) is 1. The number of rotatable bonds is 2. The van der Waals surface area contributed by atoms with E-state index in [1.165, 1.54) is 5.56 Å². The van der Waals surface area contributed by atoms with Gasteiger partial charge in [-0.3, -0.25) is 0 Å². The number of fused-ring (bicyclic) bond motifs is 1. The number of hydrogen-bond acceptors (Lipinski definition) is 4. The molecule has 0 bridgehead atoms. The molecular formula is C14H18N2O2. The summed E-state index contributed by atoms with van der Waals surface area (Å²) in [6.07, 6.45) is 1.85. The van der Waals surface area contributed by atoms with Crippen LogP contribution in [0.4, 0.5) is 0 Å². The van der Waals surface area contributed by atoms with Crippen LogP contribution in [0, 0.1) is 0 Å². The normalized spacial score (nSPS) is 21.3. The molecule has 1 N–H and O–H groups in total. The predicted octanol–water partition coefficient (Wildman–Crippen LogP) is 2.02. The van der Waals surface area contributed by atoms with E-state index < -0.39 is 0 Å². The van der Waals surface area contributed by atoms with Crippen LogP contribution in [0.3, 0.4) is 0 Å². The fourth-order valence-electron chi connectivity index (χ4n) is 2.59. The lowest BCUT2D eigenvalue weighted by Gasteiger charge is -2.30. The van der Waals surface area contributed by atoms with E-state index in [0.29, 0.717) is 6.04 Å². The van der Waals surface area contributed by atoms with Gasteiger partial charge in [0.25, 0.3) is 0 Å². The molecule has 1 aliphatic rings. The Morgan fingerprint density at radius 3 is 3.11 bits per heavy atom. The Morgan fingerprint density at radius 2 is 2.33 bits per heavy atom. The van der Waals surface area contributed by atoms with Gasteiger partial charge in [-0.15, -0.1) is 0 Å². The average molecular weight is 246 g/mol. The first-order valence-corrected chi connectivity index (χ1v) is 6.25. The van der Waals surface area contributed by atoms with Crippen molar-refractivity contribution in [3.63, 3.8) is 0 Å². The SMILES string of the molecule is COc1cccc2c(C3CN(C)CCN3)coc12. The Kier molecular flexibility index (Phi) is 2.97. The molecule has 0 radical (unpaired) electrons. The standard InChI is InChI=1S/C14H18N2O2/c1-16-7-6-15-12(8-16)11-9-18-14-10(11)4-3-5-13(14)17-2/h3-5,9,12,15H,6-8H2,1-2H3. The van der Waals surface area contributed by atoms with Crippen molar-refractivity contribution < 1.29 is 9.15 Å². The molecule has 18 heavy (non-hydrogen) atoms. The van der Waals surface area contributed by atoms with Crippen molar-refractivity contribution in [3.8, 4) is 5.75 Å². The third-order valence-corrected chi connectivity index (χ3v) is 3.57. The summed E-state index contributed by atoms with van der Waals surface area (Å²) in [7, 11) is 3.82. The van der Waals surface area contributed by atoms with Crippen LogP contribution in [0.5, 0.6) is 5.75 Å². The highest BCUT2D eigenvalue weighted by molar-refractivity contribution is 5.86. The van der Waals surface area contributed by atoms with Crippen LogP contribution in [0.1, 0.15) is 11.6 Å². The quantitative estimate of drug-likeness (QED) is 0.879. The smallest absolute Gasteiger partial charge is 0.176 e. The summed E-state index contributed by atoms with van der Waals surface area (Å²) in [5, 5.41) is 4.68. The van der Waals surface area contributed by atoms with Crippen molar-refractivity contribution in [2.75, 3.05) is 33.8 Å². The van der Waals surface area contributed by atoms with Crippen LogP contribution in [0.15, 0.2) is 28.9 Å². The number of likely N-dealkylation sites (N-methyl/N-ethyl adjacent to an activating group) is 1. The van der Waals surface area contributed by atoms with Crippen molar-refractivity contribution in [1.29, 1.82) is 0 Å². The van der Waals surface area contributed by atoms with Crippen LogP contribution in [0.25, 0.3) is 11.0 Å². The van der Waals surface area contributed by atoms with Crippen molar-refractivity contribution >= 4 is 11.0 Å². The van der Waals surface area contributed by atoms with Gasteiger partial charge in [-0.1, -0.05) is 12.1 Å². The topological polar surface area (TPSA) is 37.6 Å². The minimum absolute atomic E-state index is 0.331. The molecule has 0 aliphatic carbocycles. The summed E-state index contributed by atoms with van der Waals surface area (Å²) in [4.78, 5) is 2.33. The molecule has 1 aromatic heterocycles. The minimum Gasteiger partial charge on any atom is -0.493 e. The monoisotopic (exact) mass is 246 g/mol. The molecule has 1 atom stereocenters. The number of benzene rings is 1. The Bertz CT molecular complexity index is 550. The highest BCUT2D eigenvalue weighted by Gasteiger charge is 2.22. The fraction of sp³-hybridized carbons (Fsp3) is 0.429. The number of piperazine rings is 1. The molecule has 1 fully saturated rings. The van der Waals surface area contributed by atoms with Gasteiger partial charge in [0.05, 0.1) is 13.4 Å². The zero-order valence-electron chi connectivity index (χ0n) is 10.8. The average Bonchev–Trinajstić information content (AvgIpc) is 2.82. The zero-order valence-corrected chi connectivity index (χ0v) is 10.8. The summed E-state index contributed by atoms with van der Waals surface area (Å²) in [6, 6.07) is 6.35. The molecule has 1 aromatic carbocycles. The molecule has 4 nitrogen and oxygen atoms in total. The van der Waals surface area contributed by atoms with Gasteiger partial charge >= 0.3 is 0 Å². The number of furan rings is 1. The first-order chi connectivity index (χ1) is 8.79. The Hall–Kier alpha value is -1.52. The highest BCUT2D eigenvalue weighted by Crippen LogP contribution is 2.33. The lowest BCUT2D eigenvalue weighted by molar-refractivity contribution is 0.241. The molecule has 2 aromatic rings. The van der Waals surface area contributed by atoms with Gasteiger partial charge < -0.3 is 19.4 Å². The zero-order chi connectivity index (χ0) is 12.5. The van der Waals surface area contributed by atoms with E-state index in [0.717, 1.165) is 36.4 Å². The number of nitrogens with one attached hydrogen (secondary N) is 1. The van der Waals surface area contributed by atoms with E-state index in [1.54, 1.807) is 7.11 Å². The second kappa shape index (κ2) is 4.63. The number of nitrogens with zero attached hydrogens (tertiary/aromatic N) is 1. The summed E-state index contributed by atoms with van der Waals surface area (Å²) in [5.74, 6) is 0.794. The van der Waals surface area contributed by atoms with Gasteiger partial charge in [0.15, 0.2) is 11.3 Å². The highest BCUT2D eigenvalue weighted by atomic mass is 16.5. The van der Waals surface area contributed by atoms with Gasteiger partial charge in [0.2, 0.25) is 0 Å². The van der Waals surface area contributed by atoms with Gasteiger partial charge in [0, 0.05) is 36.6 Å². The summed E-state index contributed by atoms with van der Waals surface area (Å²) in [6.45, 7) is 3.11. The molecule has 3 rings (SSSR count). The Balaban J connectivity index is 2.02. The number of methoxy groups -OCH3 is 1. The third-order valence-electron chi connectivity index (χ3n) is 3.57. The maximum absolute atomic E-state index is 5.68. The van der Waals surface area contributed by atoms with Crippen molar-refractivity contribution in [2.45, 2.75) is 6.04 Å². The maximum Gasteiger partial charge on any atom is 0.176 e. The molecule has 1 unspecified atom stereocenters. The van der Waals surface area contributed by atoms with Crippen LogP contribution in [0.2, 0.25) is 0 Å². The molecule has 0 saturated carbocycles. The number of hydrogen-bond donors (Lipinski definition) is 1. The van der Waals surface area contributed by atoms with Crippen molar-refractivity contribution in [1.82, 2.24) is 10.2 Å². The lowest BCUT2D eigenvalue weighted by Crippen LogP contribution is -2.43. The molecule has 4 heteroatoms.